The molecular formula is C18H24N4. The summed E-state index contributed by atoms with van der Waals surface area (Å²) in [5.41, 5.74) is 2.48. The van der Waals surface area contributed by atoms with Gasteiger partial charge in [0.15, 0.2) is 0 Å². The van der Waals surface area contributed by atoms with Crippen LogP contribution in [0.1, 0.15) is 37.1 Å². The first-order valence-corrected chi connectivity index (χ1v) is 8.10. The maximum absolute atomic E-state index is 4.37. The van der Waals surface area contributed by atoms with E-state index in [2.05, 4.69) is 45.3 Å². The summed E-state index contributed by atoms with van der Waals surface area (Å²) in [4.78, 5) is 11.0. The zero-order valence-electron chi connectivity index (χ0n) is 13.2. The average Bonchev–Trinajstić information content (AvgIpc) is 2.61. The first kappa shape index (κ1) is 15.1. The predicted molar refractivity (Wildman–Crippen MR) is 88.3 cm³/mol. The topological polar surface area (TPSA) is 41.1 Å². The van der Waals surface area contributed by atoms with Crippen LogP contribution in [0.25, 0.3) is 0 Å². The lowest BCUT2D eigenvalue weighted by Crippen LogP contribution is -2.43. The van der Waals surface area contributed by atoms with Crippen LogP contribution >= 0.6 is 0 Å². The van der Waals surface area contributed by atoms with E-state index < -0.39 is 0 Å². The summed E-state index contributed by atoms with van der Waals surface area (Å²) < 4.78 is 0. The van der Waals surface area contributed by atoms with Crippen LogP contribution in [0, 0.1) is 0 Å². The maximum Gasteiger partial charge on any atom is 0.0541 e. The minimum Gasteiger partial charge on any atom is -0.308 e. The number of piperidine rings is 1. The highest BCUT2D eigenvalue weighted by Crippen LogP contribution is 2.23. The van der Waals surface area contributed by atoms with Gasteiger partial charge >= 0.3 is 0 Å². The van der Waals surface area contributed by atoms with Crippen molar-refractivity contribution in [3.63, 3.8) is 0 Å². The normalized spacial score (nSPS) is 18.2. The molecule has 1 fully saturated rings. The minimum atomic E-state index is 0.472. The summed E-state index contributed by atoms with van der Waals surface area (Å²) in [5, 5.41) is 3.64. The van der Waals surface area contributed by atoms with Crippen molar-refractivity contribution in [1.82, 2.24) is 20.2 Å². The summed E-state index contributed by atoms with van der Waals surface area (Å²) in [5.74, 6) is 0. The number of hydrogen-bond donors (Lipinski definition) is 1. The molecule has 116 valence electrons. The molecule has 1 aliphatic heterocycles. The fraction of sp³-hybridized carbons (Fsp3) is 0.444. The molecule has 0 aromatic carbocycles. The summed E-state index contributed by atoms with van der Waals surface area (Å²) in [7, 11) is 0. The van der Waals surface area contributed by atoms with Crippen molar-refractivity contribution in [2.24, 2.45) is 0 Å². The Kier molecular flexibility index (Phi) is 5.14. The fourth-order valence-corrected chi connectivity index (χ4v) is 3.10. The number of hydrogen-bond acceptors (Lipinski definition) is 4. The van der Waals surface area contributed by atoms with E-state index in [0.717, 1.165) is 25.3 Å². The van der Waals surface area contributed by atoms with Gasteiger partial charge in [-0.15, -0.1) is 0 Å². The summed E-state index contributed by atoms with van der Waals surface area (Å²) in [6.07, 6.45) is 8.01. The standard InChI is InChI=1S/C18H24N4/c1-15(16-5-10-19-11-6-16)22-12-7-17(8-13-22)21-14-18-4-2-3-9-20-18/h2-6,9-11,15,17,21H,7-8,12-14H2,1H3/t15-/m0/s1. The van der Waals surface area contributed by atoms with Gasteiger partial charge in [-0.2, -0.15) is 0 Å². The van der Waals surface area contributed by atoms with E-state index >= 15 is 0 Å². The Morgan fingerprint density at radius 2 is 1.91 bits per heavy atom. The van der Waals surface area contributed by atoms with Crippen molar-refractivity contribution in [1.29, 1.82) is 0 Å². The van der Waals surface area contributed by atoms with E-state index in [-0.39, 0.29) is 0 Å². The Hall–Kier alpha value is -1.78. The molecule has 3 heterocycles. The van der Waals surface area contributed by atoms with E-state index in [1.54, 1.807) is 0 Å². The molecule has 0 aliphatic carbocycles. The molecular weight excluding hydrogens is 272 g/mol. The number of nitrogens with zero attached hydrogens (tertiary/aromatic N) is 3. The lowest BCUT2D eigenvalue weighted by molar-refractivity contribution is 0.152. The van der Waals surface area contributed by atoms with Gasteiger partial charge in [-0.1, -0.05) is 6.07 Å². The Morgan fingerprint density at radius 1 is 1.14 bits per heavy atom. The molecule has 22 heavy (non-hydrogen) atoms. The van der Waals surface area contributed by atoms with Gasteiger partial charge in [0.1, 0.15) is 0 Å². The van der Waals surface area contributed by atoms with Crippen LogP contribution in [0.3, 0.4) is 0 Å². The first-order valence-electron chi connectivity index (χ1n) is 8.10. The van der Waals surface area contributed by atoms with Crippen molar-refractivity contribution in [2.75, 3.05) is 13.1 Å². The first-order chi connectivity index (χ1) is 10.8. The molecule has 2 aromatic rings. The van der Waals surface area contributed by atoms with Gasteiger partial charge < -0.3 is 5.32 Å². The molecule has 0 unspecified atom stereocenters. The van der Waals surface area contributed by atoms with E-state index in [0.29, 0.717) is 12.1 Å². The molecule has 0 bridgehead atoms. The van der Waals surface area contributed by atoms with E-state index in [1.165, 1.54) is 18.4 Å². The predicted octanol–water partition coefficient (Wildman–Crippen LogP) is 2.79. The number of aromatic nitrogens is 2. The maximum atomic E-state index is 4.37. The SMILES string of the molecule is C[C@@H](c1ccncc1)N1CCC(NCc2ccccn2)CC1. The zero-order valence-corrected chi connectivity index (χ0v) is 13.2. The van der Waals surface area contributed by atoms with Gasteiger partial charge in [0.05, 0.1) is 5.69 Å². The molecule has 2 aromatic heterocycles. The molecule has 1 aliphatic rings. The summed E-state index contributed by atoms with van der Waals surface area (Å²) in [6, 6.07) is 11.4. The van der Waals surface area contributed by atoms with Crippen LogP contribution in [0.5, 0.6) is 0 Å². The van der Waals surface area contributed by atoms with Crippen LogP contribution in [-0.2, 0) is 6.54 Å². The summed E-state index contributed by atoms with van der Waals surface area (Å²) >= 11 is 0. The van der Waals surface area contributed by atoms with Gasteiger partial charge in [0, 0.05) is 50.3 Å². The van der Waals surface area contributed by atoms with Crippen LogP contribution in [0.4, 0.5) is 0 Å². The van der Waals surface area contributed by atoms with E-state index in [1.807, 2.05) is 30.7 Å². The number of pyridine rings is 2. The number of rotatable bonds is 5. The van der Waals surface area contributed by atoms with Crippen molar-refractivity contribution >= 4 is 0 Å². The Morgan fingerprint density at radius 3 is 2.59 bits per heavy atom. The zero-order chi connectivity index (χ0) is 15.2. The van der Waals surface area contributed by atoms with E-state index in [4.69, 9.17) is 0 Å². The number of nitrogens with one attached hydrogen (secondary N) is 1. The van der Waals surface area contributed by atoms with Gasteiger partial charge in [-0.05, 0) is 49.6 Å². The quantitative estimate of drug-likeness (QED) is 0.921. The lowest BCUT2D eigenvalue weighted by Gasteiger charge is -2.36. The largest absolute Gasteiger partial charge is 0.308 e. The van der Waals surface area contributed by atoms with Crippen molar-refractivity contribution in [3.05, 3.63) is 60.2 Å². The van der Waals surface area contributed by atoms with Gasteiger partial charge in [0.2, 0.25) is 0 Å². The second-order valence-corrected chi connectivity index (χ2v) is 5.97. The Bertz CT molecular complexity index is 550. The molecule has 0 saturated carbocycles. The van der Waals surface area contributed by atoms with Crippen LogP contribution in [0.2, 0.25) is 0 Å². The third-order valence-electron chi connectivity index (χ3n) is 4.56. The summed E-state index contributed by atoms with van der Waals surface area (Å²) in [6.45, 7) is 5.44. The fourth-order valence-electron chi connectivity index (χ4n) is 3.10. The molecule has 0 spiro atoms. The van der Waals surface area contributed by atoms with Crippen molar-refractivity contribution in [3.8, 4) is 0 Å². The highest BCUT2D eigenvalue weighted by molar-refractivity contribution is 5.14. The lowest BCUT2D eigenvalue weighted by atomic mass is 10.0. The minimum absolute atomic E-state index is 0.472. The van der Waals surface area contributed by atoms with Gasteiger partial charge in [-0.25, -0.2) is 0 Å². The Balaban J connectivity index is 1.46. The second-order valence-electron chi connectivity index (χ2n) is 5.97. The number of likely N-dealkylation sites (tertiary alicyclic amines) is 1. The average molecular weight is 296 g/mol. The highest BCUT2D eigenvalue weighted by atomic mass is 15.2. The third kappa shape index (κ3) is 3.90. The second kappa shape index (κ2) is 7.47. The molecule has 4 heteroatoms. The smallest absolute Gasteiger partial charge is 0.0541 e. The molecule has 0 radical (unpaired) electrons. The highest BCUT2D eigenvalue weighted by Gasteiger charge is 2.23. The van der Waals surface area contributed by atoms with Gasteiger partial charge in [0.25, 0.3) is 0 Å². The molecule has 1 atom stereocenters. The van der Waals surface area contributed by atoms with Crippen LogP contribution < -0.4 is 5.32 Å². The van der Waals surface area contributed by atoms with Crippen molar-refractivity contribution < 1.29 is 0 Å². The van der Waals surface area contributed by atoms with Gasteiger partial charge in [-0.3, -0.25) is 14.9 Å². The molecule has 1 saturated heterocycles. The Labute approximate surface area is 132 Å². The monoisotopic (exact) mass is 296 g/mol. The van der Waals surface area contributed by atoms with Crippen molar-refractivity contribution in [2.45, 2.75) is 38.4 Å². The molecule has 1 N–H and O–H groups in total. The third-order valence-corrected chi connectivity index (χ3v) is 4.56. The van der Waals surface area contributed by atoms with Crippen LogP contribution in [-0.4, -0.2) is 34.0 Å². The van der Waals surface area contributed by atoms with Crippen LogP contribution in [0.15, 0.2) is 48.9 Å². The molecule has 3 rings (SSSR count). The molecule has 4 nitrogen and oxygen atoms in total. The van der Waals surface area contributed by atoms with E-state index in [9.17, 15) is 0 Å². The molecule has 0 amide bonds.